The molecule has 4 N–H and O–H groups in total. The van der Waals surface area contributed by atoms with Gasteiger partial charge in [-0.25, -0.2) is 0 Å². The quantitative estimate of drug-likeness (QED) is 0.429. The van der Waals surface area contributed by atoms with Crippen molar-refractivity contribution in [3.63, 3.8) is 0 Å². The molecule has 0 saturated carbocycles. The smallest absolute Gasteiger partial charge is 0.219 e. The molecule has 5 nitrogen and oxygen atoms in total. The molecule has 0 aromatic carbocycles. The van der Waals surface area contributed by atoms with Crippen molar-refractivity contribution < 1.29 is 20.1 Å². The van der Waals surface area contributed by atoms with Crippen molar-refractivity contribution in [3.8, 4) is 0 Å². The van der Waals surface area contributed by atoms with Crippen LogP contribution in [0.1, 0.15) is 26.2 Å². The molecule has 0 aromatic heterocycles. The predicted molar refractivity (Wildman–Crippen MR) is 51.6 cm³/mol. The maximum atomic E-state index is 10.8. The van der Waals surface area contributed by atoms with Gasteiger partial charge in [0.25, 0.3) is 0 Å². The Bertz CT molecular complexity index is 163. The molecule has 0 aliphatic heterocycles. The summed E-state index contributed by atoms with van der Waals surface area (Å²) in [6.07, 6.45) is -0.613. The molecule has 0 radical (unpaired) electrons. The average molecular weight is 205 g/mol. The first-order valence-electron chi connectivity index (χ1n) is 4.83. The van der Waals surface area contributed by atoms with E-state index in [0.29, 0.717) is 19.4 Å². The Balaban J connectivity index is 3.44. The largest absolute Gasteiger partial charge is 0.394 e. The van der Waals surface area contributed by atoms with E-state index in [-0.39, 0.29) is 18.9 Å². The Hall–Kier alpha value is -0.650. The number of carbonyl (C=O) groups is 1. The Labute approximate surface area is 83.8 Å². The molecule has 14 heavy (non-hydrogen) atoms. The summed E-state index contributed by atoms with van der Waals surface area (Å²) >= 11 is 0. The van der Waals surface area contributed by atoms with Crippen LogP contribution in [0, 0.1) is 0 Å². The molecular formula is C9H19NO4. The molecule has 0 aromatic rings. The fraction of sp³-hybridized carbons (Fsp3) is 0.889. The van der Waals surface area contributed by atoms with Gasteiger partial charge in [0.2, 0.25) is 5.91 Å². The zero-order valence-corrected chi connectivity index (χ0v) is 8.44. The molecule has 0 fully saturated rings. The molecule has 84 valence electrons. The Morgan fingerprint density at radius 1 is 1.36 bits per heavy atom. The number of amides is 1. The minimum atomic E-state index is -0.883. The standard InChI is InChI=1S/C9H19NO4/c1-2-9(14)10-4-3-7(12)5-8(13)6-11/h7-8,11-13H,2-6H2,1H3,(H,10,14)/t7-,8+/m1/s1. The molecule has 0 heterocycles. The number of aliphatic hydroxyl groups is 3. The second-order valence-corrected chi connectivity index (χ2v) is 3.22. The monoisotopic (exact) mass is 205 g/mol. The zero-order valence-electron chi connectivity index (χ0n) is 8.44. The lowest BCUT2D eigenvalue weighted by Crippen LogP contribution is -2.28. The molecule has 0 aliphatic rings. The van der Waals surface area contributed by atoms with Crippen LogP contribution in [-0.2, 0) is 4.79 Å². The summed E-state index contributed by atoms with van der Waals surface area (Å²) in [5.41, 5.74) is 0. The highest BCUT2D eigenvalue weighted by Crippen LogP contribution is 2.01. The SMILES string of the molecule is CCC(=O)NCC[C@@H](O)C[C@H](O)CO. The highest BCUT2D eigenvalue weighted by atomic mass is 16.3. The van der Waals surface area contributed by atoms with Crippen molar-refractivity contribution in [2.24, 2.45) is 0 Å². The molecule has 0 saturated heterocycles. The molecule has 0 bridgehead atoms. The molecule has 1 amide bonds. The van der Waals surface area contributed by atoms with Gasteiger partial charge in [-0.1, -0.05) is 6.92 Å². The Morgan fingerprint density at radius 2 is 2.00 bits per heavy atom. The van der Waals surface area contributed by atoms with Crippen molar-refractivity contribution in [2.75, 3.05) is 13.2 Å². The van der Waals surface area contributed by atoms with Crippen molar-refractivity contribution in [2.45, 2.75) is 38.4 Å². The summed E-state index contributed by atoms with van der Waals surface area (Å²) in [6, 6.07) is 0. The lowest BCUT2D eigenvalue weighted by atomic mass is 10.1. The first-order valence-corrected chi connectivity index (χ1v) is 4.83. The van der Waals surface area contributed by atoms with Crippen LogP contribution in [0.15, 0.2) is 0 Å². The van der Waals surface area contributed by atoms with E-state index in [1.54, 1.807) is 6.92 Å². The normalized spacial score (nSPS) is 14.9. The van der Waals surface area contributed by atoms with E-state index in [0.717, 1.165) is 0 Å². The van der Waals surface area contributed by atoms with Crippen LogP contribution in [0.4, 0.5) is 0 Å². The van der Waals surface area contributed by atoms with Gasteiger partial charge >= 0.3 is 0 Å². The van der Waals surface area contributed by atoms with Crippen molar-refractivity contribution in [1.29, 1.82) is 0 Å². The number of carbonyl (C=O) groups excluding carboxylic acids is 1. The molecule has 2 atom stereocenters. The maximum Gasteiger partial charge on any atom is 0.219 e. The second kappa shape index (κ2) is 7.73. The van der Waals surface area contributed by atoms with Gasteiger partial charge in [0, 0.05) is 19.4 Å². The van der Waals surface area contributed by atoms with Gasteiger partial charge in [-0.15, -0.1) is 0 Å². The fourth-order valence-electron chi connectivity index (χ4n) is 1.01. The third-order valence-corrected chi connectivity index (χ3v) is 1.88. The van der Waals surface area contributed by atoms with Gasteiger partial charge in [0.15, 0.2) is 0 Å². The van der Waals surface area contributed by atoms with Gasteiger partial charge in [-0.05, 0) is 6.42 Å². The van der Waals surface area contributed by atoms with E-state index in [9.17, 15) is 9.90 Å². The predicted octanol–water partition coefficient (Wildman–Crippen LogP) is -0.993. The van der Waals surface area contributed by atoms with E-state index < -0.39 is 12.2 Å². The summed E-state index contributed by atoms with van der Waals surface area (Å²) in [4.78, 5) is 10.8. The van der Waals surface area contributed by atoms with Crippen molar-refractivity contribution in [3.05, 3.63) is 0 Å². The first kappa shape index (κ1) is 13.4. The summed E-state index contributed by atoms with van der Waals surface area (Å²) in [6.45, 7) is 1.80. The number of aliphatic hydroxyl groups excluding tert-OH is 3. The zero-order chi connectivity index (χ0) is 11.0. The molecule has 5 heteroatoms. The molecule has 0 aliphatic carbocycles. The summed E-state index contributed by atoms with van der Waals surface area (Å²) in [5.74, 6) is -0.0556. The van der Waals surface area contributed by atoms with E-state index in [1.165, 1.54) is 0 Å². The Kier molecular flexibility index (Phi) is 7.37. The van der Waals surface area contributed by atoms with E-state index in [2.05, 4.69) is 5.32 Å². The maximum absolute atomic E-state index is 10.8. The third kappa shape index (κ3) is 6.82. The van der Waals surface area contributed by atoms with Crippen LogP contribution in [0.5, 0.6) is 0 Å². The van der Waals surface area contributed by atoms with Crippen LogP contribution in [-0.4, -0.2) is 46.6 Å². The van der Waals surface area contributed by atoms with Crippen LogP contribution in [0.2, 0.25) is 0 Å². The number of hydrogen-bond acceptors (Lipinski definition) is 4. The summed E-state index contributed by atoms with van der Waals surface area (Å²) in [5, 5.41) is 29.4. The summed E-state index contributed by atoms with van der Waals surface area (Å²) < 4.78 is 0. The van der Waals surface area contributed by atoms with E-state index in [1.807, 2.05) is 0 Å². The highest BCUT2D eigenvalue weighted by molar-refractivity contribution is 5.75. The van der Waals surface area contributed by atoms with E-state index >= 15 is 0 Å². The minimum Gasteiger partial charge on any atom is -0.394 e. The number of rotatable bonds is 7. The molecule has 0 spiro atoms. The first-order chi connectivity index (χ1) is 6.60. The van der Waals surface area contributed by atoms with E-state index in [4.69, 9.17) is 10.2 Å². The lowest BCUT2D eigenvalue weighted by Gasteiger charge is -2.13. The molecule has 0 rings (SSSR count). The number of hydrogen-bond donors (Lipinski definition) is 4. The lowest BCUT2D eigenvalue weighted by molar-refractivity contribution is -0.120. The second-order valence-electron chi connectivity index (χ2n) is 3.22. The van der Waals surface area contributed by atoms with Gasteiger partial charge in [-0.3, -0.25) is 4.79 Å². The molecular weight excluding hydrogens is 186 g/mol. The fourth-order valence-corrected chi connectivity index (χ4v) is 1.01. The van der Waals surface area contributed by atoms with Gasteiger partial charge in [-0.2, -0.15) is 0 Å². The van der Waals surface area contributed by atoms with Crippen LogP contribution in [0.3, 0.4) is 0 Å². The van der Waals surface area contributed by atoms with Crippen LogP contribution < -0.4 is 5.32 Å². The topological polar surface area (TPSA) is 89.8 Å². The average Bonchev–Trinajstić information content (AvgIpc) is 2.17. The van der Waals surface area contributed by atoms with Gasteiger partial charge in [0.1, 0.15) is 0 Å². The van der Waals surface area contributed by atoms with Crippen molar-refractivity contribution in [1.82, 2.24) is 5.32 Å². The highest BCUT2D eigenvalue weighted by Gasteiger charge is 2.10. The van der Waals surface area contributed by atoms with Gasteiger partial charge < -0.3 is 20.6 Å². The number of nitrogens with one attached hydrogen (secondary N) is 1. The van der Waals surface area contributed by atoms with Crippen molar-refractivity contribution >= 4 is 5.91 Å². The third-order valence-electron chi connectivity index (χ3n) is 1.88. The van der Waals surface area contributed by atoms with Gasteiger partial charge in [0.05, 0.1) is 18.8 Å². The summed E-state index contributed by atoms with van der Waals surface area (Å²) in [7, 11) is 0. The minimum absolute atomic E-state index is 0.0556. The Morgan fingerprint density at radius 3 is 2.50 bits per heavy atom. The van der Waals surface area contributed by atoms with Crippen LogP contribution >= 0.6 is 0 Å². The van der Waals surface area contributed by atoms with Crippen LogP contribution in [0.25, 0.3) is 0 Å². The molecule has 0 unspecified atom stereocenters.